The van der Waals surface area contributed by atoms with Crippen molar-refractivity contribution in [2.24, 2.45) is 16.3 Å². The van der Waals surface area contributed by atoms with Crippen molar-refractivity contribution in [1.82, 2.24) is 0 Å². The molecule has 6 heteroatoms. The fraction of sp³-hybridized carbons (Fsp3) is 0.429. The van der Waals surface area contributed by atoms with Crippen LogP contribution in [0.15, 0.2) is 29.4 Å². The number of anilines is 1. The SMILES string of the molecule is CCN(C(=O)C(C)(CC)/C(N)=N/O)c1ccc(F)cc1. The topological polar surface area (TPSA) is 78.9 Å². The summed E-state index contributed by atoms with van der Waals surface area (Å²) in [5.41, 5.74) is 5.13. The zero-order valence-corrected chi connectivity index (χ0v) is 11.9. The number of hydrogen-bond acceptors (Lipinski definition) is 3. The van der Waals surface area contributed by atoms with E-state index in [1.54, 1.807) is 13.8 Å². The van der Waals surface area contributed by atoms with Gasteiger partial charge in [0.2, 0.25) is 5.91 Å². The van der Waals surface area contributed by atoms with Crippen LogP contribution < -0.4 is 10.6 Å². The number of carbonyl (C=O) groups is 1. The summed E-state index contributed by atoms with van der Waals surface area (Å²) in [6.07, 6.45) is 0.388. The monoisotopic (exact) mass is 281 g/mol. The third-order valence-electron chi connectivity index (χ3n) is 3.55. The van der Waals surface area contributed by atoms with Gasteiger partial charge < -0.3 is 15.8 Å². The number of benzene rings is 1. The first-order valence-corrected chi connectivity index (χ1v) is 6.46. The average molecular weight is 281 g/mol. The van der Waals surface area contributed by atoms with Crippen LogP contribution in [0.2, 0.25) is 0 Å². The molecule has 0 saturated carbocycles. The number of amidine groups is 1. The van der Waals surface area contributed by atoms with Gasteiger partial charge in [0.1, 0.15) is 11.2 Å². The Labute approximate surface area is 117 Å². The molecule has 1 aromatic carbocycles. The van der Waals surface area contributed by atoms with E-state index in [1.165, 1.54) is 29.2 Å². The molecular weight excluding hydrogens is 261 g/mol. The largest absolute Gasteiger partial charge is 0.409 e. The van der Waals surface area contributed by atoms with E-state index >= 15 is 0 Å². The molecule has 0 aromatic heterocycles. The summed E-state index contributed by atoms with van der Waals surface area (Å²) in [6, 6.07) is 5.63. The summed E-state index contributed by atoms with van der Waals surface area (Å²) in [4.78, 5) is 14.2. The van der Waals surface area contributed by atoms with Gasteiger partial charge in [0.05, 0.1) is 0 Å². The first kappa shape index (κ1) is 15.9. The molecule has 0 aliphatic carbocycles. The fourth-order valence-corrected chi connectivity index (χ4v) is 1.91. The lowest BCUT2D eigenvalue weighted by Gasteiger charge is -2.32. The average Bonchev–Trinajstić information content (AvgIpc) is 2.47. The minimum Gasteiger partial charge on any atom is -0.409 e. The molecule has 0 aliphatic rings. The zero-order chi connectivity index (χ0) is 15.3. The number of carbonyl (C=O) groups excluding carboxylic acids is 1. The van der Waals surface area contributed by atoms with Gasteiger partial charge in [-0.2, -0.15) is 0 Å². The van der Waals surface area contributed by atoms with Crippen LogP contribution in [0.3, 0.4) is 0 Å². The van der Waals surface area contributed by atoms with Crippen LogP contribution in [0.25, 0.3) is 0 Å². The van der Waals surface area contributed by atoms with E-state index in [4.69, 9.17) is 10.9 Å². The first-order chi connectivity index (χ1) is 9.40. The molecule has 5 nitrogen and oxygen atoms in total. The molecule has 20 heavy (non-hydrogen) atoms. The van der Waals surface area contributed by atoms with E-state index in [0.29, 0.717) is 18.7 Å². The van der Waals surface area contributed by atoms with E-state index in [2.05, 4.69) is 5.16 Å². The second-order valence-corrected chi connectivity index (χ2v) is 4.70. The third kappa shape index (κ3) is 2.89. The molecule has 1 rings (SSSR count). The highest BCUT2D eigenvalue weighted by atomic mass is 19.1. The molecule has 0 spiro atoms. The van der Waals surface area contributed by atoms with Gasteiger partial charge in [0.15, 0.2) is 5.84 Å². The molecule has 0 aliphatic heterocycles. The molecule has 1 unspecified atom stereocenters. The highest BCUT2D eigenvalue weighted by Gasteiger charge is 2.39. The summed E-state index contributed by atoms with van der Waals surface area (Å²) in [5.74, 6) is -0.790. The molecule has 0 radical (unpaired) electrons. The zero-order valence-electron chi connectivity index (χ0n) is 11.9. The van der Waals surface area contributed by atoms with Gasteiger partial charge in [-0.1, -0.05) is 12.1 Å². The van der Waals surface area contributed by atoms with Crippen molar-refractivity contribution in [3.05, 3.63) is 30.1 Å². The lowest BCUT2D eigenvalue weighted by Crippen LogP contribution is -2.49. The second kappa shape index (κ2) is 6.36. The first-order valence-electron chi connectivity index (χ1n) is 6.46. The van der Waals surface area contributed by atoms with E-state index < -0.39 is 5.41 Å². The fourth-order valence-electron chi connectivity index (χ4n) is 1.91. The molecule has 1 aromatic rings. The number of hydrogen-bond donors (Lipinski definition) is 2. The second-order valence-electron chi connectivity index (χ2n) is 4.70. The van der Waals surface area contributed by atoms with Crippen LogP contribution in [-0.4, -0.2) is 23.5 Å². The minimum absolute atomic E-state index is 0.134. The van der Waals surface area contributed by atoms with Crippen molar-refractivity contribution in [2.75, 3.05) is 11.4 Å². The van der Waals surface area contributed by atoms with Crippen molar-refractivity contribution < 1.29 is 14.4 Å². The molecule has 0 heterocycles. The number of nitrogens with zero attached hydrogens (tertiary/aromatic N) is 2. The molecular formula is C14H20FN3O2. The van der Waals surface area contributed by atoms with Crippen molar-refractivity contribution in [1.29, 1.82) is 0 Å². The van der Waals surface area contributed by atoms with Crippen LogP contribution in [0, 0.1) is 11.2 Å². The Morgan fingerprint density at radius 3 is 2.35 bits per heavy atom. The van der Waals surface area contributed by atoms with Gasteiger partial charge >= 0.3 is 0 Å². The summed E-state index contributed by atoms with van der Waals surface area (Å²) >= 11 is 0. The van der Waals surface area contributed by atoms with E-state index in [0.717, 1.165) is 0 Å². The maximum Gasteiger partial charge on any atom is 0.240 e. The van der Waals surface area contributed by atoms with Crippen molar-refractivity contribution in [3.8, 4) is 0 Å². The Bertz CT molecular complexity index is 502. The van der Waals surface area contributed by atoms with Gasteiger partial charge in [0, 0.05) is 12.2 Å². The van der Waals surface area contributed by atoms with Crippen molar-refractivity contribution >= 4 is 17.4 Å². The normalized spacial score (nSPS) is 14.7. The number of nitrogens with two attached hydrogens (primary N) is 1. The highest BCUT2D eigenvalue weighted by molar-refractivity contribution is 6.12. The molecule has 110 valence electrons. The molecule has 0 bridgehead atoms. The maximum atomic E-state index is 13.0. The predicted octanol–water partition coefficient (Wildman–Crippen LogP) is 2.34. The number of oxime groups is 1. The van der Waals surface area contributed by atoms with E-state index in [1.807, 2.05) is 6.92 Å². The standard InChI is InChI=1S/C14H20FN3O2/c1-4-14(3,12(16)17-20)13(19)18(5-2)11-8-6-10(15)7-9-11/h6-9,20H,4-5H2,1-3H3,(H2,16,17). The Morgan fingerprint density at radius 2 is 1.95 bits per heavy atom. The molecule has 1 atom stereocenters. The Morgan fingerprint density at radius 1 is 1.40 bits per heavy atom. The lowest BCUT2D eigenvalue weighted by molar-refractivity contribution is -0.124. The number of amides is 1. The molecule has 1 amide bonds. The Kier molecular flexibility index (Phi) is 5.07. The van der Waals surface area contributed by atoms with E-state index in [-0.39, 0.29) is 17.6 Å². The summed E-state index contributed by atoms with van der Waals surface area (Å²) in [5, 5.41) is 11.8. The molecule has 0 fully saturated rings. The van der Waals surface area contributed by atoms with Crippen LogP contribution >= 0.6 is 0 Å². The van der Waals surface area contributed by atoms with Crippen LogP contribution in [0.5, 0.6) is 0 Å². The van der Waals surface area contributed by atoms with Crippen LogP contribution in [0.1, 0.15) is 27.2 Å². The smallest absolute Gasteiger partial charge is 0.240 e. The lowest BCUT2D eigenvalue weighted by atomic mass is 9.84. The number of rotatable bonds is 5. The van der Waals surface area contributed by atoms with Crippen molar-refractivity contribution in [2.45, 2.75) is 27.2 Å². The Hall–Kier alpha value is -2.11. The van der Waals surface area contributed by atoms with Gasteiger partial charge in [0.25, 0.3) is 0 Å². The number of halogens is 1. The van der Waals surface area contributed by atoms with Crippen LogP contribution in [-0.2, 0) is 4.79 Å². The van der Waals surface area contributed by atoms with Gasteiger partial charge in [-0.25, -0.2) is 4.39 Å². The molecule has 3 N–H and O–H groups in total. The quantitative estimate of drug-likeness (QED) is 0.376. The predicted molar refractivity (Wildman–Crippen MR) is 76.2 cm³/mol. The summed E-state index contributed by atoms with van der Waals surface area (Å²) in [6.45, 7) is 5.62. The van der Waals surface area contributed by atoms with Crippen molar-refractivity contribution in [3.63, 3.8) is 0 Å². The van der Waals surface area contributed by atoms with Gasteiger partial charge in [-0.15, -0.1) is 0 Å². The maximum absolute atomic E-state index is 13.0. The Balaban J connectivity index is 3.17. The van der Waals surface area contributed by atoms with Gasteiger partial charge in [-0.05, 0) is 44.5 Å². The van der Waals surface area contributed by atoms with Gasteiger partial charge in [-0.3, -0.25) is 4.79 Å². The third-order valence-corrected chi connectivity index (χ3v) is 3.55. The summed E-state index contributed by atoms with van der Waals surface area (Å²) in [7, 11) is 0. The minimum atomic E-state index is -1.10. The highest BCUT2D eigenvalue weighted by Crippen LogP contribution is 2.28. The molecule has 0 saturated heterocycles. The summed E-state index contributed by atoms with van der Waals surface area (Å²) < 4.78 is 13.0. The van der Waals surface area contributed by atoms with Crippen LogP contribution in [0.4, 0.5) is 10.1 Å². The van der Waals surface area contributed by atoms with E-state index in [9.17, 15) is 9.18 Å².